The van der Waals surface area contributed by atoms with Gasteiger partial charge in [0.1, 0.15) is 11.4 Å². The molecule has 0 radical (unpaired) electrons. The minimum Gasteiger partial charge on any atom is -0.444 e. The number of aryl methyl sites for hydroxylation is 1. The second kappa shape index (κ2) is 13.2. The van der Waals surface area contributed by atoms with Crippen molar-refractivity contribution in [1.82, 2.24) is 20.4 Å². The van der Waals surface area contributed by atoms with Gasteiger partial charge in [-0.15, -0.1) is 0 Å². The molecule has 11 heteroatoms. The molecule has 0 aliphatic carbocycles. The van der Waals surface area contributed by atoms with E-state index >= 15 is 0 Å². The Morgan fingerprint density at radius 3 is 2.48 bits per heavy atom. The normalized spacial score (nSPS) is 19.1. The Morgan fingerprint density at radius 1 is 1.14 bits per heavy atom. The summed E-state index contributed by atoms with van der Waals surface area (Å²) in [7, 11) is 3.78. The van der Waals surface area contributed by atoms with Crippen molar-refractivity contribution >= 4 is 29.4 Å². The highest BCUT2D eigenvalue weighted by atomic mass is 19.3. The lowest BCUT2D eigenvalue weighted by atomic mass is 9.91. The number of fused-ring (bicyclic) bond motifs is 1. The van der Waals surface area contributed by atoms with E-state index in [0.717, 1.165) is 49.8 Å². The van der Waals surface area contributed by atoms with E-state index in [2.05, 4.69) is 22.6 Å². The quantitative estimate of drug-likeness (QED) is 0.261. The molecule has 3 aliphatic heterocycles. The van der Waals surface area contributed by atoms with Crippen molar-refractivity contribution in [2.24, 2.45) is 0 Å². The van der Waals surface area contributed by atoms with E-state index in [1.165, 1.54) is 6.07 Å². The number of alkyl halides is 2. The van der Waals surface area contributed by atoms with Gasteiger partial charge < -0.3 is 35.5 Å². The summed E-state index contributed by atoms with van der Waals surface area (Å²) in [6.45, 7) is 8.65. The number of allylic oxidation sites excluding steroid dienone is 1. The predicted molar refractivity (Wildman–Crippen MR) is 164 cm³/mol. The summed E-state index contributed by atoms with van der Waals surface area (Å²) in [5.41, 5.74) is 2.95. The average molecular weight is 586 g/mol. The standard InChI is InChI=1S/C31H45F2N7O2/c1-31(2,3)42-30(41)39-14-10-26(37-22-8-12-38(5)13-9-22)25(19-39)29(35)40-11-6-7-20-15-23(21(17-34)18-36-4)24(28(32)33)16-27(20)40/h15-18,22,28,34-37H,6-14,19H2,1-5H3/b21-18+,34-17?,35-29?. The SMILES string of the molecule is CN/C=C(\C=N)c1cc2c(cc1C(F)F)N(C(=N)C1=C(NC3CCN(C)CC3)CCN(C(=O)OC(C)(C)C)C1)CCC2. The Morgan fingerprint density at radius 2 is 1.86 bits per heavy atom. The Hall–Kier alpha value is -3.47. The van der Waals surface area contributed by atoms with E-state index in [1.54, 1.807) is 24.2 Å². The highest BCUT2D eigenvalue weighted by molar-refractivity contribution is 6.11. The van der Waals surface area contributed by atoms with Gasteiger partial charge in [-0.3, -0.25) is 5.41 Å². The number of carbonyl (C=O) groups is 1. The van der Waals surface area contributed by atoms with E-state index in [4.69, 9.17) is 10.1 Å². The van der Waals surface area contributed by atoms with Crippen molar-refractivity contribution in [3.8, 4) is 0 Å². The van der Waals surface area contributed by atoms with Crippen LogP contribution in [0.5, 0.6) is 0 Å². The number of hydrogen-bond acceptors (Lipinski definition) is 7. The largest absolute Gasteiger partial charge is 0.444 e. The maximum Gasteiger partial charge on any atom is 0.410 e. The van der Waals surface area contributed by atoms with Crippen LogP contribution in [-0.4, -0.2) is 86.4 Å². The first kappa shape index (κ1) is 31.5. The third-order valence-electron chi connectivity index (χ3n) is 8.02. The van der Waals surface area contributed by atoms with Crippen molar-refractivity contribution in [1.29, 1.82) is 10.8 Å². The smallest absolute Gasteiger partial charge is 0.410 e. The lowest BCUT2D eigenvalue weighted by molar-refractivity contribution is 0.0260. The lowest BCUT2D eigenvalue weighted by Gasteiger charge is -2.39. The minimum atomic E-state index is -2.75. The van der Waals surface area contributed by atoms with Gasteiger partial charge in [-0.2, -0.15) is 0 Å². The number of amidine groups is 1. The van der Waals surface area contributed by atoms with Gasteiger partial charge in [-0.05, 0) is 89.9 Å². The number of rotatable bonds is 7. The molecular formula is C31H45F2N7O2. The van der Waals surface area contributed by atoms with E-state index < -0.39 is 18.1 Å². The van der Waals surface area contributed by atoms with Gasteiger partial charge in [0, 0.05) is 73.1 Å². The molecule has 42 heavy (non-hydrogen) atoms. The minimum absolute atomic E-state index is 0.170. The molecule has 4 N–H and O–H groups in total. The van der Waals surface area contributed by atoms with Crippen molar-refractivity contribution in [2.75, 3.05) is 51.7 Å². The van der Waals surface area contributed by atoms with Crippen LogP contribution >= 0.6 is 0 Å². The van der Waals surface area contributed by atoms with Crippen LogP contribution in [0.3, 0.4) is 0 Å². The fourth-order valence-electron chi connectivity index (χ4n) is 5.85. The number of hydrogen-bond donors (Lipinski definition) is 4. The molecule has 9 nitrogen and oxygen atoms in total. The van der Waals surface area contributed by atoms with Gasteiger partial charge in [0.25, 0.3) is 6.43 Å². The fraction of sp³-hybridized carbons (Fsp3) is 0.581. The third-order valence-corrected chi connectivity index (χ3v) is 8.02. The summed E-state index contributed by atoms with van der Waals surface area (Å²) in [6, 6.07) is 3.49. The molecule has 1 aromatic rings. The van der Waals surface area contributed by atoms with E-state index in [0.29, 0.717) is 48.3 Å². The zero-order chi connectivity index (χ0) is 30.6. The number of nitrogens with one attached hydrogen (secondary N) is 4. The zero-order valence-corrected chi connectivity index (χ0v) is 25.4. The number of anilines is 1. The zero-order valence-electron chi connectivity index (χ0n) is 25.4. The molecule has 0 aromatic heterocycles. The first-order chi connectivity index (χ1) is 19.9. The monoisotopic (exact) mass is 585 g/mol. The molecular weight excluding hydrogens is 540 g/mol. The summed E-state index contributed by atoms with van der Waals surface area (Å²) in [5.74, 6) is 0.214. The maximum atomic E-state index is 14.4. The summed E-state index contributed by atoms with van der Waals surface area (Å²) in [4.78, 5) is 18.8. The van der Waals surface area contributed by atoms with Gasteiger partial charge in [-0.25, -0.2) is 13.6 Å². The molecule has 0 spiro atoms. The average Bonchev–Trinajstić information content (AvgIpc) is 2.95. The highest BCUT2D eigenvalue weighted by Gasteiger charge is 2.33. The molecule has 0 bridgehead atoms. The number of carbonyl (C=O) groups excluding carboxylic acids is 1. The molecule has 1 amide bonds. The van der Waals surface area contributed by atoms with Crippen molar-refractivity contribution in [2.45, 2.75) is 70.9 Å². The molecule has 1 saturated heterocycles. The van der Waals surface area contributed by atoms with Gasteiger partial charge in [0.15, 0.2) is 0 Å². The Kier molecular flexibility index (Phi) is 9.91. The van der Waals surface area contributed by atoms with E-state index in [9.17, 15) is 19.0 Å². The molecule has 0 saturated carbocycles. The number of likely N-dealkylation sites (tertiary alicyclic amines) is 1. The topological polar surface area (TPSA) is 108 Å². The van der Waals surface area contributed by atoms with Crippen molar-refractivity contribution < 1.29 is 18.3 Å². The Balaban J connectivity index is 1.72. The number of piperidine rings is 1. The van der Waals surface area contributed by atoms with Crippen LogP contribution in [0.1, 0.15) is 69.6 Å². The fourth-order valence-corrected chi connectivity index (χ4v) is 5.85. The Bertz CT molecular complexity index is 1250. The molecule has 1 aromatic carbocycles. The summed E-state index contributed by atoms with van der Waals surface area (Å²) in [5, 5.41) is 23.7. The van der Waals surface area contributed by atoms with Gasteiger partial charge in [-0.1, -0.05) is 0 Å². The van der Waals surface area contributed by atoms with Crippen molar-refractivity contribution in [3.63, 3.8) is 0 Å². The first-order valence-electron chi connectivity index (χ1n) is 14.8. The van der Waals surface area contributed by atoms with Crippen molar-refractivity contribution in [3.05, 3.63) is 46.3 Å². The second-order valence-corrected chi connectivity index (χ2v) is 12.3. The van der Waals surface area contributed by atoms with Crippen LogP contribution in [0.25, 0.3) is 5.57 Å². The molecule has 0 atom stereocenters. The molecule has 0 unspecified atom stereocenters. The summed E-state index contributed by atoms with van der Waals surface area (Å²) in [6.07, 6.45) is 3.41. The van der Waals surface area contributed by atoms with Crippen LogP contribution in [-0.2, 0) is 11.2 Å². The molecule has 230 valence electrons. The summed E-state index contributed by atoms with van der Waals surface area (Å²) >= 11 is 0. The van der Waals surface area contributed by atoms with Crippen LogP contribution < -0.4 is 15.5 Å². The van der Waals surface area contributed by atoms with Gasteiger partial charge >= 0.3 is 6.09 Å². The number of amides is 1. The Labute approximate surface area is 248 Å². The van der Waals surface area contributed by atoms with Gasteiger partial charge in [0.05, 0.1) is 6.54 Å². The highest BCUT2D eigenvalue weighted by Crippen LogP contribution is 2.38. The predicted octanol–water partition coefficient (Wildman–Crippen LogP) is 5.14. The number of ether oxygens (including phenoxy) is 1. The van der Waals surface area contributed by atoms with Crippen LogP contribution in [0.4, 0.5) is 19.3 Å². The molecule has 3 aliphatic rings. The van der Waals surface area contributed by atoms with Gasteiger partial charge in [0.2, 0.25) is 0 Å². The third kappa shape index (κ3) is 7.29. The second-order valence-electron chi connectivity index (χ2n) is 12.3. The maximum absolute atomic E-state index is 14.4. The van der Waals surface area contributed by atoms with Crippen LogP contribution in [0.2, 0.25) is 0 Å². The first-order valence-corrected chi connectivity index (χ1v) is 14.8. The lowest BCUT2D eigenvalue weighted by Crippen LogP contribution is -2.48. The van der Waals surface area contributed by atoms with E-state index in [-0.39, 0.29) is 24.0 Å². The number of halogens is 2. The van der Waals surface area contributed by atoms with E-state index in [1.807, 2.05) is 25.7 Å². The molecule has 4 rings (SSSR count). The number of benzene rings is 1. The molecule has 3 heterocycles. The molecule has 1 fully saturated rings. The number of nitrogens with zero attached hydrogens (tertiary/aromatic N) is 3. The van der Waals surface area contributed by atoms with Crippen LogP contribution in [0.15, 0.2) is 29.6 Å². The summed E-state index contributed by atoms with van der Waals surface area (Å²) < 4.78 is 34.4. The van der Waals surface area contributed by atoms with Crippen LogP contribution in [0, 0.1) is 10.8 Å².